The summed E-state index contributed by atoms with van der Waals surface area (Å²) < 4.78 is 57.1. The summed E-state index contributed by atoms with van der Waals surface area (Å²) in [6.07, 6.45) is 6.17. The third-order valence-corrected chi connectivity index (χ3v) is 18.1. The fourth-order valence-corrected chi connectivity index (χ4v) is 13.2. The van der Waals surface area contributed by atoms with E-state index in [9.17, 15) is 36.7 Å². The van der Waals surface area contributed by atoms with Crippen molar-refractivity contribution in [2.45, 2.75) is 183 Å². The van der Waals surface area contributed by atoms with E-state index < -0.39 is 23.3 Å². The van der Waals surface area contributed by atoms with E-state index in [1.807, 2.05) is 33.4 Å². The zero-order valence-electron chi connectivity index (χ0n) is 50.3. The summed E-state index contributed by atoms with van der Waals surface area (Å²) in [5.74, 6) is -2.86. The Kier molecular flexibility index (Phi) is 21.2. The van der Waals surface area contributed by atoms with Gasteiger partial charge in [0.15, 0.2) is 0 Å². The highest BCUT2D eigenvalue weighted by Gasteiger charge is 2.47. The number of piperazine rings is 2. The number of amides is 4. The molecule has 78 heavy (non-hydrogen) atoms. The van der Waals surface area contributed by atoms with E-state index in [4.69, 9.17) is 0 Å². The van der Waals surface area contributed by atoms with E-state index in [-0.39, 0.29) is 81.9 Å². The normalized spacial score (nSPS) is 23.6. The van der Waals surface area contributed by atoms with Crippen LogP contribution in [-0.2, 0) is 19.2 Å². The molecule has 2 aromatic carbocycles. The summed E-state index contributed by atoms with van der Waals surface area (Å²) in [7, 11) is 0. The number of rotatable bonds is 13. The molecule has 2 aromatic rings. The molecular weight excluding hydrogens is 997 g/mol. The lowest BCUT2D eigenvalue weighted by molar-refractivity contribution is -0.139. The first-order chi connectivity index (χ1) is 36.4. The minimum Gasteiger partial charge on any atom is -0.340 e. The second-order valence-electron chi connectivity index (χ2n) is 27.0. The van der Waals surface area contributed by atoms with Crippen LogP contribution in [0.3, 0.4) is 0 Å². The summed E-state index contributed by atoms with van der Waals surface area (Å²) in [6, 6.07) is 8.19. The van der Waals surface area contributed by atoms with Gasteiger partial charge in [-0.25, -0.2) is 17.6 Å². The molecule has 6 atom stereocenters. The molecule has 1 saturated carbocycles. The van der Waals surface area contributed by atoms with Crippen LogP contribution in [0.15, 0.2) is 36.4 Å². The zero-order chi connectivity index (χ0) is 57.8. The Balaban J connectivity index is 0.000000253. The maximum atomic E-state index is 14.9. The molecule has 0 bridgehead atoms. The number of likely N-dealkylation sites (tertiary alicyclic amines) is 2. The largest absolute Gasteiger partial charge is 0.340 e. The van der Waals surface area contributed by atoms with Gasteiger partial charge in [-0.15, -0.1) is 0 Å². The van der Waals surface area contributed by atoms with Gasteiger partial charge in [-0.2, -0.15) is 0 Å². The second-order valence-corrected chi connectivity index (χ2v) is 27.0. The van der Waals surface area contributed by atoms with Crippen LogP contribution in [0.1, 0.15) is 159 Å². The first kappa shape index (κ1) is 63.1. The average Bonchev–Trinajstić information content (AvgIpc) is 4.07. The van der Waals surface area contributed by atoms with Gasteiger partial charge in [0.05, 0.1) is 11.8 Å². The maximum absolute atomic E-state index is 14.9. The van der Waals surface area contributed by atoms with Crippen LogP contribution in [0, 0.1) is 46.4 Å². The van der Waals surface area contributed by atoms with E-state index >= 15 is 0 Å². The van der Waals surface area contributed by atoms with Gasteiger partial charge in [-0.05, 0) is 117 Å². The second kappa shape index (κ2) is 26.2. The molecule has 0 spiro atoms. The quantitative estimate of drug-likeness (QED) is 0.183. The number of carbonyl (C=O) groups excluding carboxylic acids is 4. The van der Waals surface area contributed by atoms with Crippen LogP contribution in [0.4, 0.5) is 17.6 Å². The van der Waals surface area contributed by atoms with E-state index in [1.54, 1.807) is 13.8 Å². The first-order valence-electron chi connectivity index (χ1n) is 29.4. The number of nitrogens with zero attached hydrogens (tertiary/aromatic N) is 8. The minimum atomic E-state index is -0.606. The van der Waals surface area contributed by atoms with Crippen molar-refractivity contribution in [3.8, 4) is 0 Å². The summed E-state index contributed by atoms with van der Waals surface area (Å²) >= 11 is 0. The fraction of sp³-hybridized carbons (Fsp3) is 0.742. The van der Waals surface area contributed by atoms with E-state index in [0.29, 0.717) is 82.0 Å². The smallest absolute Gasteiger partial charge is 0.227 e. The minimum absolute atomic E-state index is 0.0430. The lowest BCUT2D eigenvalue weighted by Crippen LogP contribution is -2.59. The van der Waals surface area contributed by atoms with Gasteiger partial charge < -0.3 is 19.6 Å². The highest BCUT2D eigenvalue weighted by molar-refractivity contribution is 5.81. The molecule has 4 saturated heterocycles. The van der Waals surface area contributed by atoms with Crippen LogP contribution in [-0.4, -0.2) is 190 Å². The van der Waals surface area contributed by atoms with Crippen LogP contribution >= 0.6 is 0 Å². The lowest BCUT2D eigenvalue weighted by atomic mass is 9.82. The third kappa shape index (κ3) is 15.7. The van der Waals surface area contributed by atoms with Crippen molar-refractivity contribution in [2.24, 2.45) is 23.2 Å². The van der Waals surface area contributed by atoms with Gasteiger partial charge in [-0.1, -0.05) is 52.2 Å². The third-order valence-electron chi connectivity index (χ3n) is 18.1. The summed E-state index contributed by atoms with van der Waals surface area (Å²) in [4.78, 5) is 69.9. The van der Waals surface area contributed by atoms with Crippen molar-refractivity contribution in [1.82, 2.24) is 39.2 Å². The van der Waals surface area contributed by atoms with Crippen molar-refractivity contribution in [3.63, 3.8) is 0 Å². The molecule has 5 fully saturated rings. The summed E-state index contributed by atoms with van der Waals surface area (Å²) in [5.41, 5.74) is 0.482. The van der Waals surface area contributed by atoms with Crippen LogP contribution in [0.25, 0.3) is 0 Å². The standard InChI is InChI=1S/C32H50F2N4O2.C30H48F2N4O2/c1-22(2)38(23(3)39)21-30(24-10-8-7-9-11-24)35-14-16-36(17-15-35)31(40)28-20-37(32(4,5)6)19-27(28)26-13-12-25(33)18-29(26)34;1-20(2)36(21(3)37)19-27(29(4,5)6)33-12-14-34(15-13-33)28(38)25-18-35(30(7,8)9)17-24(25)23-11-10-22(31)16-26(23)32/h12-13,18,22,24,27-28,30H,7-11,14-17,19-21H2,1-6H3;10-11,16,20,24-25,27H,12-15,17-19H2,1-9H3/t27-,28+,30?;24-,25+,27?/m00/s1. The first-order valence-corrected chi connectivity index (χ1v) is 29.4. The van der Waals surface area contributed by atoms with Gasteiger partial charge in [0.1, 0.15) is 23.3 Å². The molecule has 0 N–H and O–H groups in total. The molecule has 4 heterocycles. The fourth-order valence-electron chi connectivity index (χ4n) is 13.2. The highest BCUT2D eigenvalue weighted by atomic mass is 19.1. The molecule has 1 aliphatic carbocycles. The number of hydrogen-bond acceptors (Lipinski definition) is 8. The Morgan fingerprint density at radius 2 is 0.923 bits per heavy atom. The van der Waals surface area contributed by atoms with Crippen LogP contribution in [0.2, 0.25) is 0 Å². The molecule has 4 amide bonds. The van der Waals surface area contributed by atoms with Crippen LogP contribution < -0.4 is 0 Å². The van der Waals surface area contributed by atoms with Crippen molar-refractivity contribution in [2.75, 3.05) is 91.6 Å². The van der Waals surface area contributed by atoms with E-state index in [2.05, 4.69) is 95.8 Å². The van der Waals surface area contributed by atoms with Crippen molar-refractivity contribution < 1.29 is 36.7 Å². The Bertz CT molecular complexity index is 2340. The molecule has 12 nitrogen and oxygen atoms in total. The van der Waals surface area contributed by atoms with Gasteiger partial charge in [-0.3, -0.25) is 38.8 Å². The number of carbonyl (C=O) groups is 4. The van der Waals surface area contributed by atoms with Gasteiger partial charge in [0.25, 0.3) is 0 Å². The summed E-state index contributed by atoms with van der Waals surface area (Å²) in [6.45, 7) is 39.9. The maximum Gasteiger partial charge on any atom is 0.227 e. The molecule has 16 heteroatoms. The predicted octanol–water partition coefficient (Wildman–Crippen LogP) is 9.72. The molecule has 0 radical (unpaired) electrons. The Hall–Kier alpha value is -4.12. The van der Waals surface area contributed by atoms with Crippen molar-refractivity contribution in [1.29, 1.82) is 0 Å². The molecule has 5 aliphatic rings. The lowest BCUT2D eigenvalue weighted by Gasteiger charge is -2.47. The van der Waals surface area contributed by atoms with E-state index in [1.165, 1.54) is 56.4 Å². The average molecular weight is 1100 g/mol. The molecule has 438 valence electrons. The monoisotopic (exact) mass is 1090 g/mol. The van der Waals surface area contributed by atoms with Gasteiger partial charge >= 0.3 is 0 Å². The highest BCUT2D eigenvalue weighted by Crippen LogP contribution is 2.41. The zero-order valence-corrected chi connectivity index (χ0v) is 50.3. The Morgan fingerprint density at radius 3 is 1.27 bits per heavy atom. The number of halogens is 4. The topological polar surface area (TPSA) is 94.2 Å². The van der Waals surface area contributed by atoms with E-state index in [0.717, 1.165) is 44.9 Å². The molecule has 4 aliphatic heterocycles. The van der Waals surface area contributed by atoms with Gasteiger partial charge in [0, 0.05) is 165 Å². The SMILES string of the molecule is CC(=O)N(CC(C1CCCCC1)N1CCN(C(=O)[C@@H]2CN(C(C)(C)C)C[C@H]2c2ccc(F)cc2F)CC1)C(C)C.CC(=O)N(CC(N1CCN(C(=O)[C@@H]2CN(C(C)(C)C)C[C@H]2c2ccc(F)cc2F)CC1)C(C)(C)C)C(C)C. The number of benzene rings is 2. The Morgan fingerprint density at radius 1 is 0.538 bits per heavy atom. The molecule has 7 rings (SSSR count). The number of hydrogen-bond donors (Lipinski definition) is 0. The predicted molar refractivity (Wildman–Crippen MR) is 303 cm³/mol. The van der Waals surface area contributed by atoms with Crippen molar-refractivity contribution in [3.05, 3.63) is 70.8 Å². The molecular formula is C62H98F4N8O4. The molecule has 2 unspecified atom stereocenters. The molecule has 0 aromatic heterocycles. The summed E-state index contributed by atoms with van der Waals surface area (Å²) in [5, 5.41) is 0. The Labute approximate surface area is 466 Å². The van der Waals surface area contributed by atoms with Crippen LogP contribution in [0.5, 0.6) is 0 Å². The van der Waals surface area contributed by atoms with Gasteiger partial charge in [0.2, 0.25) is 23.6 Å². The van der Waals surface area contributed by atoms with Crippen molar-refractivity contribution >= 4 is 23.6 Å².